The van der Waals surface area contributed by atoms with Gasteiger partial charge in [0, 0.05) is 10.9 Å². The van der Waals surface area contributed by atoms with Crippen molar-refractivity contribution in [1.82, 2.24) is 5.32 Å². The second-order valence-corrected chi connectivity index (χ2v) is 4.89. The molecule has 76 valence electrons. The van der Waals surface area contributed by atoms with Crippen molar-refractivity contribution >= 4 is 17.2 Å². The molecule has 1 amide bonds. The van der Waals surface area contributed by atoms with E-state index < -0.39 is 0 Å². The van der Waals surface area contributed by atoms with E-state index >= 15 is 0 Å². The Morgan fingerprint density at radius 2 is 2.36 bits per heavy atom. The van der Waals surface area contributed by atoms with E-state index in [9.17, 15) is 4.79 Å². The van der Waals surface area contributed by atoms with Gasteiger partial charge >= 0.3 is 0 Å². The number of hydrogen-bond donors (Lipinski definition) is 1. The Morgan fingerprint density at radius 3 is 2.86 bits per heavy atom. The van der Waals surface area contributed by atoms with Gasteiger partial charge in [0.15, 0.2) is 0 Å². The molecule has 0 atom stereocenters. The minimum Gasteiger partial charge on any atom is -0.349 e. The maximum atomic E-state index is 11.7. The van der Waals surface area contributed by atoms with Gasteiger partial charge in [0.05, 0.1) is 4.88 Å². The number of amides is 1. The van der Waals surface area contributed by atoms with Crippen LogP contribution in [0.15, 0.2) is 12.1 Å². The molecule has 2 rings (SSSR count). The molecule has 2 nitrogen and oxygen atoms in total. The molecule has 1 saturated carbocycles. The summed E-state index contributed by atoms with van der Waals surface area (Å²) < 4.78 is 0. The summed E-state index contributed by atoms with van der Waals surface area (Å²) in [7, 11) is 0. The standard InChI is InChI=1S/C11H15NOS/c1-2-9-6-7-10(14-9)11(13)12-8-4-3-5-8/h6-8H,2-5H2,1H3,(H,12,13). The third-order valence-electron chi connectivity index (χ3n) is 2.67. The van der Waals surface area contributed by atoms with Crippen molar-refractivity contribution in [1.29, 1.82) is 0 Å². The van der Waals surface area contributed by atoms with Crippen molar-refractivity contribution in [3.05, 3.63) is 21.9 Å². The van der Waals surface area contributed by atoms with Gasteiger partial charge in [-0.05, 0) is 37.8 Å². The van der Waals surface area contributed by atoms with Crippen molar-refractivity contribution in [3.63, 3.8) is 0 Å². The first-order valence-corrected chi connectivity index (χ1v) is 6.01. The summed E-state index contributed by atoms with van der Waals surface area (Å²) in [5.74, 6) is 0.111. The molecular weight excluding hydrogens is 194 g/mol. The quantitative estimate of drug-likeness (QED) is 0.814. The van der Waals surface area contributed by atoms with Crippen LogP contribution in [0.4, 0.5) is 0 Å². The van der Waals surface area contributed by atoms with E-state index in [0.717, 1.165) is 24.1 Å². The average molecular weight is 209 g/mol. The van der Waals surface area contributed by atoms with Gasteiger partial charge in [0.25, 0.3) is 5.91 Å². The maximum absolute atomic E-state index is 11.7. The highest BCUT2D eigenvalue weighted by atomic mass is 32.1. The van der Waals surface area contributed by atoms with Gasteiger partial charge in [-0.3, -0.25) is 4.79 Å². The zero-order chi connectivity index (χ0) is 9.97. The number of carbonyl (C=O) groups excluding carboxylic acids is 1. The van der Waals surface area contributed by atoms with Gasteiger partial charge in [-0.2, -0.15) is 0 Å². The summed E-state index contributed by atoms with van der Waals surface area (Å²) in [6, 6.07) is 4.41. The molecule has 1 fully saturated rings. The van der Waals surface area contributed by atoms with E-state index in [4.69, 9.17) is 0 Å². The lowest BCUT2D eigenvalue weighted by Crippen LogP contribution is -2.39. The molecule has 0 radical (unpaired) electrons. The Hall–Kier alpha value is -0.830. The number of rotatable bonds is 3. The van der Waals surface area contributed by atoms with Crippen molar-refractivity contribution in [2.45, 2.75) is 38.6 Å². The molecular formula is C11H15NOS. The zero-order valence-electron chi connectivity index (χ0n) is 8.38. The number of aryl methyl sites for hydroxylation is 1. The van der Waals surface area contributed by atoms with Crippen LogP contribution in [0.1, 0.15) is 40.7 Å². The Labute approximate surface area is 88.3 Å². The van der Waals surface area contributed by atoms with Crippen LogP contribution < -0.4 is 5.32 Å². The molecule has 3 heteroatoms. The maximum Gasteiger partial charge on any atom is 0.261 e. The van der Waals surface area contributed by atoms with Crippen LogP contribution in [0.3, 0.4) is 0 Å². The predicted octanol–water partition coefficient (Wildman–Crippen LogP) is 2.59. The molecule has 0 aliphatic heterocycles. The van der Waals surface area contributed by atoms with Gasteiger partial charge in [-0.1, -0.05) is 6.92 Å². The number of thiophene rings is 1. The fraction of sp³-hybridized carbons (Fsp3) is 0.545. The Bertz CT molecular complexity index is 328. The summed E-state index contributed by atoms with van der Waals surface area (Å²) in [6.45, 7) is 2.11. The van der Waals surface area contributed by atoms with E-state index in [1.54, 1.807) is 11.3 Å². The number of carbonyl (C=O) groups is 1. The molecule has 1 heterocycles. The summed E-state index contributed by atoms with van der Waals surface area (Å²) in [5.41, 5.74) is 0. The molecule has 1 aromatic rings. The molecule has 0 aromatic carbocycles. The fourth-order valence-corrected chi connectivity index (χ4v) is 2.35. The molecule has 1 aromatic heterocycles. The molecule has 0 spiro atoms. The van der Waals surface area contributed by atoms with E-state index in [-0.39, 0.29) is 5.91 Å². The highest BCUT2D eigenvalue weighted by molar-refractivity contribution is 7.14. The monoisotopic (exact) mass is 209 g/mol. The van der Waals surface area contributed by atoms with Crippen LogP contribution in [0.2, 0.25) is 0 Å². The van der Waals surface area contributed by atoms with Crippen LogP contribution in [-0.2, 0) is 6.42 Å². The number of hydrogen-bond acceptors (Lipinski definition) is 2. The molecule has 0 bridgehead atoms. The molecule has 0 unspecified atom stereocenters. The first-order chi connectivity index (χ1) is 6.79. The Morgan fingerprint density at radius 1 is 1.57 bits per heavy atom. The van der Waals surface area contributed by atoms with E-state index in [1.807, 2.05) is 12.1 Å². The lowest BCUT2D eigenvalue weighted by atomic mass is 9.93. The predicted molar refractivity (Wildman–Crippen MR) is 58.8 cm³/mol. The lowest BCUT2D eigenvalue weighted by Gasteiger charge is -2.25. The van der Waals surface area contributed by atoms with Gasteiger partial charge in [0.1, 0.15) is 0 Å². The lowest BCUT2D eigenvalue weighted by molar-refractivity contribution is 0.0921. The van der Waals surface area contributed by atoms with Gasteiger partial charge in [0.2, 0.25) is 0 Å². The average Bonchev–Trinajstić information content (AvgIpc) is 2.59. The van der Waals surface area contributed by atoms with Crippen LogP contribution >= 0.6 is 11.3 Å². The first-order valence-electron chi connectivity index (χ1n) is 5.19. The second kappa shape index (κ2) is 4.13. The fourth-order valence-electron chi connectivity index (χ4n) is 1.50. The third kappa shape index (κ3) is 1.98. The van der Waals surface area contributed by atoms with E-state index in [0.29, 0.717) is 6.04 Å². The summed E-state index contributed by atoms with van der Waals surface area (Å²) in [4.78, 5) is 13.8. The SMILES string of the molecule is CCc1ccc(C(=O)NC2CCC2)s1. The Balaban J connectivity index is 1.95. The first kappa shape index (κ1) is 9.71. The molecule has 1 N–H and O–H groups in total. The summed E-state index contributed by atoms with van der Waals surface area (Å²) in [5, 5.41) is 3.04. The van der Waals surface area contributed by atoms with Crippen LogP contribution in [-0.4, -0.2) is 11.9 Å². The summed E-state index contributed by atoms with van der Waals surface area (Å²) in [6.07, 6.45) is 4.58. The Kier molecular flexibility index (Phi) is 2.87. The minimum atomic E-state index is 0.111. The smallest absolute Gasteiger partial charge is 0.261 e. The van der Waals surface area contributed by atoms with Crippen molar-refractivity contribution in [3.8, 4) is 0 Å². The topological polar surface area (TPSA) is 29.1 Å². The van der Waals surface area contributed by atoms with Crippen molar-refractivity contribution in [2.24, 2.45) is 0 Å². The highest BCUT2D eigenvalue weighted by Crippen LogP contribution is 2.21. The van der Waals surface area contributed by atoms with Crippen molar-refractivity contribution in [2.75, 3.05) is 0 Å². The van der Waals surface area contributed by atoms with E-state index in [2.05, 4.69) is 12.2 Å². The number of nitrogens with one attached hydrogen (secondary N) is 1. The van der Waals surface area contributed by atoms with Gasteiger partial charge < -0.3 is 5.32 Å². The normalized spacial score (nSPS) is 16.4. The minimum absolute atomic E-state index is 0.111. The zero-order valence-corrected chi connectivity index (χ0v) is 9.19. The molecule has 0 saturated heterocycles. The molecule has 1 aliphatic rings. The summed E-state index contributed by atoms with van der Waals surface area (Å²) >= 11 is 1.61. The third-order valence-corrected chi connectivity index (χ3v) is 3.90. The van der Waals surface area contributed by atoms with Gasteiger partial charge in [-0.25, -0.2) is 0 Å². The van der Waals surface area contributed by atoms with Gasteiger partial charge in [-0.15, -0.1) is 11.3 Å². The molecule has 14 heavy (non-hydrogen) atoms. The second-order valence-electron chi connectivity index (χ2n) is 3.72. The van der Waals surface area contributed by atoms with Crippen LogP contribution in [0.5, 0.6) is 0 Å². The highest BCUT2D eigenvalue weighted by Gasteiger charge is 2.20. The largest absolute Gasteiger partial charge is 0.349 e. The van der Waals surface area contributed by atoms with Crippen LogP contribution in [0, 0.1) is 0 Å². The van der Waals surface area contributed by atoms with Crippen molar-refractivity contribution < 1.29 is 4.79 Å². The molecule has 1 aliphatic carbocycles. The van der Waals surface area contributed by atoms with Crippen LogP contribution in [0.25, 0.3) is 0 Å². The van der Waals surface area contributed by atoms with E-state index in [1.165, 1.54) is 11.3 Å².